The zero-order chi connectivity index (χ0) is 7.66. The molecule has 0 unspecified atom stereocenters. The lowest BCUT2D eigenvalue weighted by Crippen LogP contribution is -2.24. The third kappa shape index (κ3) is 7.84. The van der Waals surface area contributed by atoms with Crippen molar-refractivity contribution >= 4 is 0 Å². The van der Waals surface area contributed by atoms with Gasteiger partial charge < -0.3 is 16.2 Å². The first-order chi connectivity index (χ1) is 4.91. The van der Waals surface area contributed by atoms with E-state index in [1.165, 1.54) is 0 Å². The summed E-state index contributed by atoms with van der Waals surface area (Å²) in [5.41, 5.74) is 5.20. The van der Waals surface area contributed by atoms with Gasteiger partial charge in [-0.1, -0.05) is 0 Å². The summed E-state index contributed by atoms with van der Waals surface area (Å²) < 4.78 is 0. The number of nitrogens with one attached hydrogen (secondary N) is 2. The lowest BCUT2D eigenvalue weighted by atomic mass is 10.3. The van der Waals surface area contributed by atoms with Gasteiger partial charge in [0.2, 0.25) is 0 Å². The summed E-state index contributed by atoms with van der Waals surface area (Å²) in [6.07, 6.45) is 2.18. The summed E-state index contributed by atoms with van der Waals surface area (Å²) in [5, 5.41) is 14.2. The molecule has 0 aliphatic rings. The van der Waals surface area contributed by atoms with Crippen LogP contribution in [0.15, 0.2) is 0 Å². The fraction of sp³-hybridized carbons (Fsp3) is 1.00. The number of hydrogen-bond donors (Lipinski definition) is 4. The highest BCUT2D eigenvalue weighted by atomic mass is 16.3. The molecule has 0 aromatic carbocycles. The topological polar surface area (TPSA) is 70.3 Å². The van der Waals surface area contributed by atoms with Gasteiger partial charge in [-0.05, 0) is 25.9 Å². The Balaban J connectivity index is 2.65. The molecular weight excluding hydrogens is 130 g/mol. The van der Waals surface area contributed by atoms with Gasteiger partial charge >= 0.3 is 0 Å². The van der Waals surface area contributed by atoms with E-state index in [0.29, 0.717) is 6.67 Å². The summed E-state index contributed by atoms with van der Waals surface area (Å²) in [7, 11) is 0. The molecule has 0 amide bonds. The largest absolute Gasteiger partial charge is 0.381 e. The molecule has 0 spiro atoms. The van der Waals surface area contributed by atoms with Crippen molar-refractivity contribution in [1.29, 1.82) is 0 Å². The van der Waals surface area contributed by atoms with Crippen molar-refractivity contribution in [3.8, 4) is 0 Å². The average Bonchev–Trinajstić information content (AvgIpc) is 1.97. The highest BCUT2D eigenvalue weighted by molar-refractivity contribution is 4.46. The monoisotopic (exact) mass is 147 g/mol. The molecule has 0 aliphatic heterocycles. The maximum absolute atomic E-state index is 8.32. The Morgan fingerprint density at radius 2 is 1.70 bits per heavy atom. The molecule has 4 nitrogen and oxygen atoms in total. The van der Waals surface area contributed by atoms with E-state index in [9.17, 15) is 0 Å². The van der Waals surface area contributed by atoms with Gasteiger partial charge in [0, 0.05) is 6.67 Å². The first-order valence-electron chi connectivity index (χ1n) is 3.64. The second-order valence-electron chi connectivity index (χ2n) is 2.07. The van der Waals surface area contributed by atoms with E-state index in [4.69, 9.17) is 10.8 Å². The van der Waals surface area contributed by atoms with Crippen LogP contribution in [0.2, 0.25) is 0 Å². The zero-order valence-electron chi connectivity index (χ0n) is 6.27. The SMILES string of the molecule is NCNCCCCNCO. The Hall–Kier alpha value is -0.160. The maximum Gasteiger partial charge on any atom is 0.0931 e. The molecule has 0 fully saturated rings. The molecular formula is C6H17N3O. The van der Waals surface area contributed by atoms with E-state index in [1.54, 1.807) is 0 Å². The van der Waals surface area contributed by atoms with Crippen molar-refractivity contribution in [3.05, 3.63) is 0 Å². The normalized spacial score (nSPS) is 10.2. The molecule has 0 atom stereocenters. The molecule has 0 radical (unpaired) electrons. The van der Waals surface area contributed by atoms with Crippen LogP contribution in [0, 0.1) is 0 Å². The second kappa shape index (κ2) is 8.84. The van der Waals surface area contributed by atoms with Crippen LogP contribution in [-0.2, 0) is 0 Å². The Morgan fingerprint density at radius 1 is 1.10 bits per heavy atom. The lowest BCUT2D eigenvalue weighted by molar-refractivity contribution is 0.260. The van der Waals surface area contributed by atoms with Gasteiger partial charge in [0.05, 0.1) is 6.73 Å². The van der Waals surface area contributed by atoms with E-state index < -0.39 is 0 Å². The van der Waals surface area contributed by atoms with E-state index >= 15 is 0 Å². The molecule has 0 bridgehead atoms. The van der Waals surface area contributed by atoms with Crippen molar-refractivity contribution in [3.63, 3.8) is 0 Å². The second-order valence-corrected chi connectivity index (χ2v) is 2.07. The Bertz CT molecular complexity index is 53.0. The molecule has 62 valence electrons. The van der Waals surface area contributed by atoms with Crippen LogP contribution in [0.5, 0.6) is 0 Å². The third-order valence-corrected chi connectivity index (χ3v) is 1.21. The van der Waals surface area contributed by atoms with Crippen molar-refractivity contribution in [2.24, 2.45) is 5.73 Å². The minimum Gasteiger partial charge on any atom is -0.381 e. The summed E-state index contributed by atoms with van der Waals surface area (Å²) >= 11 is 0. The maximum atomic E-state index is 8.32. The minimum absolute atomic E-state index is 0.0737. The van der Waals surface area contributed by atoms with Crippen LogP contribution in [0.3, 0.4) is 0 Å². The van der Waals surface area contributed by atoms with Gasteiger partial charge in [0.25, 0.3) is 0 Å². The number of aliphatic hydroxyl groups is 1. The Kier molecular flexibility index (Phi) is 8.70. The molecule has 0 heterocycles. The van der Waals surface area contributed by atoms with Crippen molar-refractivity contribution in [1.82, 2.24) is 10.6 Å². The van der Waals surface area contributed by atoms with E-state index in [2.05, 4.69) is 10.6 Å². The van der Waals surface area contributed by atoms with Crippen LogP contribution in [0.25, 0.3) is 0 Å². The molecule has 0 saturated heterocycles. The number of rotatable bonds is 7. The Labute approximate surface area is 61.8 Å². The van der Waals surface area contributed by atoms with Gasteiger partial charge in [-0.2, -0.15) is 0 Å². The van der Waals surface area contributed by atoms with Crippen LogP contribution >= 0.6 is 0 Å². The predicted octanol–water partition coefficient (Wildman–Crippen LogP) is -1.19. The molecule has 10 heavy (non-hydrogen) atoms. The van der Waals surface area contributed by atoms with Crippen molar-refractivity contribution < 1.29 is 5.11 Å². The molecule has 4 heteroatoms. The van der Waals surface area contributed by atoms with Crippen molar-refractivity contribution in [2.75, 3.05) is 26.5 Å². The van der Waals surface area contributed by atoms with Gasteiger partial charge in [0.15, 0.2) is 0 Å². The highest BCUT2D eigenvalue weighted by Crippen LogP contribution is 1.82. The van der Waals surface area contributed by atoms with Crippen LogP contribution in [-0.4, -0.2) is 31.6 Å². The van der Waals surface area contributed by atoms with E-state index in [0.717, 1.165) is 25.9 Å². The third-order valence-electron chi connectivity index (χ3n) is 1.21. The number of unbranched alkanes of at least 4 members (excludes halogenated alkanes) is 1. The molecule has 0 rings (SSSR count). The van der Waals surface area contributed by atoms with Gasteiger partial charge in [0.1, 0.15) is 0 Å². The molecule has 0 aromatic heterocycles. The van der Waals surface area contributed by atoms with Gasteiger partial charge in [-0.3, -0.25) is 5.32 Å². The summed E-state index contributed by atoms with van der Waals surface area (Å²) in [4.78, 5) is 0. The standard InChI is InChI=1S/C6H17N3O/c7-5-8-3-1-2-4-9-6-10/h8-10H,1-7H2. The molecule has 0 aromatic rings. The first kappa shape index (κ1) is 9.84. The molecule has 0 saturated carbocycles. The Morgan fingerprint density at radius 3 is 2.20 bits per heavy atom. The minimum atomic E-state index is 0.0737. The van der Waals surface area contributed by atoms with Crippen molar-refractivity contribution in [2.45, 2.75) is 12.8 Å². The quantitative estimate of drug-likeness (QED) is 0.270. The smallest absolute Gasteiger partial charge is 0.0931 e. The first-order valence-corrected chi connectivity index (χ1v) is 3.64. The van der Waals surface area contributed by atoms with Crippen LogP contribution < -0.4 is 16.4 Å². The highest BCUT2D eigenvalue weighted by Gasteiger charge is 1.85. The summed E-state index contributed by atoms with van der Waals surface area (Å²) in [6.45, 7) is 2.46. The zero-order valence-corrected chi connectivity index (χ0v) is 6.27. The fourth-order valence-corrected chi connectivity index (χ4v) is 0.681. The summed E-state index contributed by atoms with van der Waals surface area (Å²) in [6, 6.07) is 0. The number of nitrogens with two attached hydrogens (primary N) is 1. The molecule has 0 aliphatic carbocycles. The lowest BCUT2D eigenvalue weighted by Gasteiger charge is -2.01. The fourth-order valence-electron chi connectivity index (χ4n) is 0.681. The number of hydrogen-bond acceptors (Lipinski definition) is 4. The van der Waals surface area contributed by atoms with Crippen LogP contribution in [0.1, 0.15) is 12.8 Å². The predicted molar refractivity (Wildman–Crippen MR) is 41.4 cm³/mol. The summed E-state index contributed by atoms with van der Waals surface area (Å²) in [5.74, 6) is 0. The van der Waals surface area contributed by atoms with Crippen LogP contribution in [0.4, 0.5) is 0 Å². The average molecular weight is 147 g/mol. The van der Waals surface area contributed by atoms with E-state index in [1.807, 2.05) is 0 Å². The van der Waals surface area contributed by atoms with Gasteiger partial charge in [-0.25, -0.2) is 0 Å². The van der Waals surface area contributed by atoms with E-state index in [-0.39, 0.29) is 6.73 Å². The molecule has 5 N–H and O–H groups in total. The van der Waals surface area contributed by atoms with Gasteiger partial charge in [-0.15, -0.1) is 0 Å². The number of aliphatic hydroxyl groups excluding tert-OH is 1.